The summed E-state index contributed by atoms with van der Waals surface area (Å²) < 4.78 is 53.3. The predicted molar refractivity (Wildman–Crippen MR) is 91.8 cm³/mol. The van der Waals surface area contributed by atoms with Gasteiger partial charge in [-0.3, -0.25) is 0 Å². The molecule has 0 amide bonds. The van der Waals surface area contributed by atoms with Gasteiger partial charge in [0.2, 0.25) is 11.2 Å². The van der Waals surface area contributed by atoms with Crippen molar-refractivity contribution in [3.8, 4) is 5.75 Å². The number of halogens is 5. The standard InChI is InChI=1S/C16H9ClF4N4OS/c17-13-23-14(22-10-3-5-11(6-4-10)26-16(19,20)21)25-15(24-13)27-12-7-1-9(18)2-8-12/h1-8H,(H,22,23,24,25). The van der Waals surface area contributed by atoms with Crippen LogP contribution < -0.4 is 10.1 Å². The average Bonchev–Trinajstić information content (AvgIpc) is 2.57. The first-order valence-electron chi connectivity index (χ1n) is 7.25. The summed E-state index contributed by atoms with van der Waals surface area (Å²) in [4.78, 5) is 12.8. The van der Waals surface area contributed by atoms with Gasteiger partial charge in [-0.1, -0.05) is 0 Å². The second-order valence-corrected chi connectivity index (χ2v) is 6.34. The lowest BCUT2D eigenvalue weighted by Gasteiger charge is -2.10. The van der Waals surface area contributed by atoms with Crippen molar-refractivity contribution in [2.45, 2.75) is 16.4 Å². The van der Waals surface area contributed by atoms with E-state index in [2.05, 4.69) is 25.0 Å². The molecule has 0 fully saturated rings. The fourth-order valence-corrected chi connectivity index (χ4v) is 2.87. The quantitative estimate of drug-likeness (QED) is 0.557. The molecule has 0 aliphatic heterocycles. The van der Waals surface area contributed by atoms with E-state index in [1.54, 1.807) is 12.1 Å². The summed E-state index contributed by atoms with van der Waals surface area (Å²) in [6, 6.07) is 10.7. The van der Waals surface area contributed by atoms with E-state index in [9.17, 15) is 17.6 Å². The highest BCUT2D eigenvalue weighted by atomic mass is 35.5. The van der Waals surface area contributed by atoms with Crippen molar-refractivity contribution in [2.24, 2.45) is 0 Å². The summed E-state index contributed by atoms with van der Waals surface area (Å²) in [5.74, 6) is -0.619. The molecule has 0 saturated heterocycles. The third-order valence-corrected chi connectivity index (χ3v) is 4.00. The Morgan fingerprint density at radius 3 is 2.22 bits per heavy atom. The second kappa shape index (κ2) is 7.97. The Morgan fingerprint density at radius 2 is 1.59 bits per heavy atom. The molecular formula is C16H9ClF4N4OS. The third kappa shape index (κ3) is 5.97. The molecule has 1 aromatic heterocycles. The van der Waals surface area contributed by atoms with Crippen molar-refractivity contribution in [1.29, 1.82) is 0 Å². The Kier molecular flexibility index (Phi) is 5.66. The molecule has 0 radical (unpaired) electrons. The zero-order chi connectivity index (χ0) is 19.4. The number of anilines is 2. The third-order valence-electron chi connectivity index (χ3n) is 2.95. The topological polar surface area (TPSA) is 59.9 Å². The first-order valence-corrected chi connectivity index (χ1v) is 8.44. The van der Waals surface area contributed by atoms with Gasteiger partial charge in [0.05, 0.1) is 0 Å². The molecule has 1 N–H and O–H groups in total. The lowest BCUT2D eigenvalue weighted by atomic mass is 10.3. The lowest BCUT2D eigenvalue weighted by Crippen LogP contribution is -2.17. The van der Waals surface area contributed by atoms with Crippen LogP contribution in [-0.2, 0) is 0 Å². The molecule has 0 bridgehead atoms. The summed E-state index contributed by atoms with van der Waals surface area (Å²) in [5.41, 5.74) is 0.421. The fourth-order valence-electron chi connectivity index (χ4n) is 1.91. The SMILES string of the molecule is Fc1ccc(Sc2nc(Cl)nc(Nc3ccc(OC(F)(F)F)cc3)n2)cc1. The predicted octanol–water partition coefficient (Wildman–Crippen LogP) is 5.46. The van der Waals surface area contributed by atoms with Crippen LogP contribution in [0.2, 0.25) is 5.28 Å². The molecule has 3 rings (SSSR count). The van der Waals surface area contributed by atoms with Crippen LogP contribution in [0.15, 0.2) is 58.6 Å². The molecule has 0 unspecified atom stereocenters. The molecule has 3 aromatic rings. The zero-order valence-electron chi connectivity index (χ0n) is 13.2. The van der Waals surface area contributed by atoms with Crippen LogP contribution in [0.4, 0.5) is 29.2 Å². The first kappa shape index (κ1) is 19.2. The van der Waals surface area contributed by atoms with E-state index >= 15 is 0 Å². The van der Waals surface area contributed by atoms with Gasteiger partial charge >= 0.3 is 6.36 Å². The van der Waals surface area contributed by atoms with Crippen LogP contribution in [0.5, 0.6) is 5.75 Å². The minimum atomic E-state index is -4.76. The molecule has 2 aromatic carbocycles. The number of hydrogen-bond acceptors (Lipinski definition) is 6. The van der Waals surface area contributed by atoms with Gasteiger partial charge in [-0.15, -0.1) is 13.2 Å². The number of aromatic nitrogens is 3. The molecule has 5 nitrogen and oxygen atoms in total. The molecule has 1 heterocycles. The highest BCUT2D eigenvalue weighted by molar-refractivity contribution is 7.99. The minimum Gasteiger partial charge on any atom is -0.406 e. The Hall–Kier alpha value is -2.59. The summed E-state index contributed by atoms with van der Waals surface area (Å²) in [5, 5.41) is 3.00. The Balaban J connectivity index is 1.73. The molecule has 0 aliphatic rings. The number of nitrogens with one attached hydrogen (secondary N) is 1. The molecule has 0 aliphatic carbocycles. The molecule has 0 spiro atoms. The number of alkyl halides is 3. The highest BCUT2D eigenvalue weighted by Gasteiger charge is 2.30. The number of nitrogens with zero attached hydrogens (tertiary/aromatic N) is 3. The van der Waals surface area contributed by atoms with Crippen LogP contribution in [0.3, 0.4) is 0 Å². The van der Waals surface area contributed by atoms with Crippen LogP contribution in [0.25, 0.3) is 0 Å². The summed E-state index contributed by atoms with van der Waals surface area (Å²) in [6.45, 7) is 0. The van der Waals surface area contributed by atoms with Gasteiger partial charge in [0.25, 0.3) is 0 Å². The molecule has 0 saturated carbocycles. The molecule has 0 atom stereocenters. The first-order chi connectivity index (χ1) is 12.8. The average molecular weight is 417 g/mol. The van der Waals surface area contributed by atoms with E-state index in [0.29, 0.717) is 10.6 Å². The highest BCUT2D eigenvalue weighted by Crippen LogP contribution is 2.28. The number of benzene rings is 2. The summed E-state index contributed by atoms with van der Waals surface area (Å²) >= 11 is 7.03. The van der Waals surface area contributed by atoms with Crippen LogP contribution in [0, 0.1) is 5.82 Å². The van der Waals surface area contributed by atoms with Crippen LogP contribution in [-0.4, -0.2) is 21.3 Å². The number of hydrogen-bond donors (Lipinski definition) is 1. The molecular weight excluding hydrogens is 408 g/mol. The van der Waals surface area contributed by atoms with Gasteiger partial charge in [0.15, 0.2) is 5.16 Å². The summed E-state index contributed by atoms with van der Waals surface area (Å²) in [7, 11) is 0. The van der Waals surface area contributed by atoms with E-state index in [1.807, 2.05) is 0 Å². The Morgan fingerprint density at radius 1 is 0.926 bits per heavy atom. The van der Waals surface area contributed by atoms with E-state index < -0.39 is 6.36 Å². The van der Waals surface area contributed by atoms with Gasteiger partial charge in [-0.05, 0) is 71.9 Å². The molecule has 11 heteroatoms. The van der Waals surface area contributed by atoms with Crippen molar-refractivity contribution in [3.05, 3.63) is 59.6 Å². The number of rotatable bonds is 5. The second-order valence-electron chi connectivity index (χ2n) is 4.96. The summed E-state index contributed by atoms with van der Waals surface area (Å²) in [6.07, 6.45) is -4.76. The van der Waals surface area contributed by atoms with E-state index in [4.69, 9.17) is 11.6 Å². The van der Waals surface area contributed by atoms with Gasteiger partial charge in [0.1, 0.15) is 11.6 Å². The van der Waals surface area contributed by atoms with Gasteiger partial charge in [-0.2, -0.15) is 15.0 Å². The Bertz CT molecular complexity index is 923. The van der Waals surface area contributed by atoms with Gasteiger partial charge in [-0.25, -0.2) is 4.39 Å². The zero-order valence-corrected chi connectivity index (χ0v) is 14.7. The maximum Gasteiger partial charge on any atom is 0.573 e. The normalized spacial score (nSPS) is 11.3. The van der Waals surface area contributed by atoms with E-state index in [0.717, 1.165) is 23.9 Å². The Labute approximate surface area is 159 Å². The van der Waals surface area contributed by atoms with Crippen molar-refractivity contribution in [3.63, 3.8) is 0 Å². The number of ether oxygens (including phenoxy) is 1. The maximum absolute atomic E-state index is 13.0. The van der Waals surface area contributed by atoms with Gasteiger partial charge in [0, 0.05) is 10.6 Å². The van der Waals surface area contributed by atoms with Crippen LogP contribution in [0.1, 0.15) is 0 Å². The van der Waals surface area contributed by atoms with E-state index in [1.165, 1.54) is 24.3 Å². The molecule has 27 heavy (non-hydrogen) atoms. The van der Waals surface area contributed by atoms with Crippen molar-refractivity contribution in [2.75, 3.05) is 5.32 Å². The van der Waals surface area contributed by atoms with Gasteiger partial charge < -0.3 is 10.1 Å². The maximum atomic E-state index is 13.0. The monoisotopic (exact) mass is 416 g/mol. The molecule has 140 valence electrons. The van der Waals surface area contributed by atoms with Crippen molar-refractivity contribution in [1.82, 2.24) is 15.0 Å². The van der Waals surface area contributed by atoms with E-state index in [-0.39, 0.29) is 28.0 Å². The largest absolute Gasteiger partial charge is 0.573 e. The van der Waals surface area contributed by atoms with Crippen molar-refractivity contribution >= 4 is 35.0 Å². The smallest absolute Gasteiger partial charge is 0.406 e. The minimum absolute atomic E-state index is 0.0749. The van der Waals surface area contributed by atoms with Crippen molar-refractivity contribution < 1.29 is 22.3 Å². The van der Waals surface area contributed by atoms with Crippen LogP contribution >= 0.6 is 23.4 Å². The lowest BCUT2D eigenvalue weighted by molar-refractivity contribution is -0.274. The fraction of sp³-hybridized carbons (Fsp3) is 0.0625.